The van der Waals surface area contributed by atoms with Gasteiger partial charge in [0.1, 0.15) is 5.75 Å². The number of ether oxygens (including phenoxy) is 1. The Hall–Kier alpha value is -2.83. The first kappa shape index (κ1) is 18.5. The first-order valence-electron chi connectivity index (χ1n) is 8.78. The molecule has 0 bridgehead atoms. The average Bonchev–Trinajstić information content (AvgIpc) is 3.29. The van der Waals surface area contributed by atoms with E-state index in [2.05, 4.69) is 20.1 Å². The van der Waals surface area contributed by atoms with E-state index in [-0.39, 0.29) is 5.91 Å². The Balaban J connectivity index is 1.42. The van der Waals surface area contributed by atoms with Crippen LogP contribution < -0.4 is 10.1 Å². The van der Waals surface area contributed by atoms with E-state index in [9.17, 15) is 4.79 Å². The second-order valence-electron chi connectivity index (χ2n) is 6.29. The highest BCUT2D eigenvalue weighted by atomic mass is 35.5. The van der Waals surface area contributed by atoms with Gasteiger partial charge >= 0.3 is 0 Å². The maximum atomic E-state index is 12.3. The van der Waals surface area contributed by atoms with Gasteiger partial charge in [-0.3, -0.25) is 9.20 Å². The number of rotatable bonds is 6. The van der Waals surface area contributed by atoms with Crippen LogP contribution in [0, 0.1) is 0 Å². The predicted octanol–water partition coefficient (Wildman–Crippen LogP) is 5.30. The molecule has 1 amide bonds. The molecule has 2 heterocycles. The number of anilines is 1. The van der Waals surface area contributed by atoms with Gasteiger partial charge in [-0.25, -0.2) is 4.98 Å². The maximum Gasteiger partial charge on any atom is 0.224 e. The second kappa shape index (κ2) is 8.04. The van der Waals surface area contributed by atoms with Crippen molar-refractivity contribution in [2.75, 3.05) is 12.4 Å². The molecule has 0 radical (unpaired) electrons. The summed E-state index contributed by atoms with van der Waals surface area (Å²) in [5, 5.41) is 5.66. The molecule has 0 saturated carbocycles. The number of methoxy groups -OCH3 is 1. The molecule has 142 valence electrons. The summed E-state index contributed by atoms with van der Waals surface area (Å²) < 4.78 is 7.18. The van der Waals surface area contributed by atoms with Gasteiger partial charge in [0.15, 0.2) is 4.96 Å². The minimum atomic E-state index is -0.0254. The Morgan fingerprint density at radius 3 is 2.64 bits per heavy atom. The lowest BCUT2D eigenvalue weighted by Gasteiger charge is -2.06. The van der Waals surface area contributed by atoms with Crippen LogP contribution in [0.2, 0.25) is 5.02 Å². The molecule has 2 aromatic heterocycles. The molecular weight excluding hydrogens is 394 g/mol. The fourth-order valence-electron chi connectivity index (χ4n) is 2.91. The number of aromatic nitrogens is 2. The molecule has 0 aliphatic heterocycles. The molecule has 0 spiro atoms. The quantitative estimate of drug-likeness (QED) is 0.468. The van der Waals surface area contributed by atoms with Crippen LogP contribution in [0.25, 0.3) is 16.2 Å². The van der Waals surface area contributed by atoms with Crippen molar-refractivity contribution in [2.45, 2.75) is 12.8 Å². The maximum absolute atomic E-state index is 12.3. The fourth-order valence-corrected chi connectivity index (χ4v) is 3.94. The summed E-state index contributed by atoms with van der Waals surface area (Å²) in [7, 11) is 1.61. The molecule has 0 fully saturated rings. The molecule has 2 aromatic carbocycles. The number of hydrogen-bond acceptors (Lipinski definition) is 4. The average molecular weight is 412 g/mol. The van der Waals surface area contributed by atoms with Crippen LogP contribution in [0.4, 0.5) is 5.69 Å². The summed E-state index contributed by atoms with van der Waals surface area (Å²) in [5.74, 6) is 0.734. The molecule has 0 saturated heterocycles. The fraction of sp³-hybridized carbons (Fsp3) is 0.143. The highest BCUT2D eigenvalue weighted by molar-refractivity contribution is 7.15. The lowest BCUT2D eigenvalue weighted by atomic mass is 10.2. The standard InChI is InChI=1S/C21H18ClN3O2S/c1-27-18-9-6-16(7-10-18)23-20(26)11-8-17-13-28-21-24-19(12-25(17)21)14-2-4-15(22)5-3-14/h2-7,9-10,12-13H,8,11H2,1H3,(H,23,26). The van der Waals surface area contributed by atoms with Gasteiger partial charge in [0, 0.05) is 40.0 Å². The molecule has 0 aliphatic carbocycles. The van der Waals surface area contributed by atoms with E-state index in [1.807, 2.05) is 54.7 Å². The first-order valence-corrected chi connectivity index (χ1v) is 10.0. The van der Waals surface area contributed by atoms with E-state index < -0.39 is 0 Å². The number of hydrogen-bond donors (Lipinski definition) is 1. The Bertz CT molecular complexity index is 1100. The SMILES string of the molecule is COc1ccc(NC(=O)CCc2csc3nc(-c4ccc(Cl)cc4)cn23)cc1. The van der Waals surface area contributed by atoms with Gasteiger partial charge < -0.3 is 10.1 Å². The van der Waals surface area contributed by atoms with Gasteiger partial charge in [-0.05, 0) is 42.8 Å². The number of nitrogens with one attached hydrogen (secondary N) is 1. The molecular formula is C21H18ClN3O2S. The molecule has 1 N–H and O–H groups in total. The van der Waals surface area contributed by atoms with E-state index in [1.54, 1.807) is 18.4 Å². The molecule has 5 nitrogen and oxygen atoms in total. The van der Waals surface area contributed by atoms with Gasteiger partial charge in [-0.15, -0.1) is 11.3 Å². The first-order chi connectivity index (χ1) is 13.6. The van der Waals surface area contributed by atoms with E-state index in [0.717, 1.165) is 33.3 Å². The highest BCUT2D eigenvalue weighted by Gasteiger charge is 2.11. The Morgan fingerprint density at radius 2 is 1.93 bits per heavy atom. The van der Waals surface area contributed by atoms with Crippen LogP contribution in [-0.2, 0) is 11.2 Å². The zero-order valence-electron chi connectivity index (χ0n) is 15.2. The Kier molecular flexibility index (Phi) is 5.32. The number of carbonyl (C=O) groups is 1. The second-order valence-corrected chi connectivity index (χ2v) is 7.56. The summed E-state index contributed by atoms with van der Waals surface area (Å²) in [6.45, 7) is 0. The molecule has 0 atom stereocenters. The number of amides is 1. The number of fused-ring (bicyclic) bond motifs is 1. The molecule has 7 heteroatoms. The zero-order valence-corrected chi connectivity index (χ0v) is 16.8. The van der Waals surface area contributed by atoms with Crippen molar-refractivity contribution in [1.29, 1.82) is 0 Å². The van der Waals surface area contributed by atoms with Gasteiger partial charge in [-0.1, -0.05) is 23.7 Å². The smallest absolute Gasteiger partial charge is 0.224 e. The van der Waals surface area contributed by atoms with Gasteiger partial charge in [-0.2, -0.15) is 0 Å². The summed E-state index contributed by atoms with van der Waals surface area (Å²) >= 11 is 7.53. The summed E-state index contributed by atoms with van der Waals surface area (Å²) in [4.78, 5) is 17.9. The number of nitrogens with zero attached hydrogens (tertiary/aromatic N) is 2. The summed E-state index contributed by atoms with van der Waals surface area (Å²) in [6, 6.07) is 14.9. The van der Waals surface area contributed by atoms with Crippen molar-refractivity contribution < 1.29 is 9.53 Å². The van der Waals surface area contributed by atoms with Crippen LogP contribution in [0.3, 0.4) is 0 Å². The van der Waals surface area contributed by atoms with Crippen LogP contribution in [0.1, 0.15) is 12.1 Å². The molecule has 4 rings (SSSR count). The Morgan fingerprint density at radius 1 is 1.18 bits per heavy atom. The minimum absolute atomic E-state index is 0.0254. The molecule has 28 heavy (non-hydrogen) atoms. The third-order valence-electron chi connectivity index (χ3n) is 4.41. The molecule has 4 aromatic rings. The number of halogens is 1. The summed E-state index contributed by atoms with van der Waals surface area (Å²) in [5.41, 5.74) is 3.74. The van der Waals surface area contributed by atoms with Crippen molar-refractivity contribution in [3.8, 4) is 17.0 Å². The number of benzene rings is 2. The van der Waals surface area contributed by atoms with E-state index in [0.29, 0.717) is 17.9 Å². The Labute approximate surface area is 171 Å². The van der Waals surface area contributed by atoms with E-state index in [1.165, 1.54) is 0 Å². The monoisotopic (exact) mass is 411 g/mol. The van der Waals surface area contributed by atoms with Crippen LogP contribution in [0.15, 0.2) is 60.1 Å². The zero-order chi connectivity index (χ0) is 19.5. The number of thiazole rings is 1. The van der Waals surface area contributed by atoms with Crippen molar-refractivity contribution in [2.24, 2.45) is 0 Å². The van der Waals surface area contributed by atoms with Gasteiger partial charge in [0.05, 0.1) is 12.8 Å². The highest BCUT2D eigenvalue weighted by Crippen LogP contribution is 2.25. The van der Waals surface area contributed by atoms with E-state index >= 15 is 0 Å². The van der Waals surface area contributed by atoms with Gasteiger partial charge in [0.25, 0.3) is 0 Å². The van der Waals surface area contributed by atoms with Crippen LogP contribution >= 0.6 is 22.9 Å². The molecule has 0 aliphatic rings. The molecule has 0 unspecified atom stereocenters. The number of carbonyl (C=O) groups excluding carboxylic acids is 1. The van der Waals surface area contributed by atoms with Crippen molar-refractivity contribution in [1.82, 2.24) is 9.38 Å². The van der Waals surface area contributed by atoms with E-state index in [4.69, 9.17) is 16.3 Å². The largest absolute Gasteiger partial charge is 0.497 e. The lowest BCUT2D eigenvalue weighted by molar-refractivity contribution is -0.116. The van der Waals surface area contributed by atoms with Crippen molar-refractivity contribution >= 4 is 39.5 Å². The third-order valence-corrected chi connectivity index (χ3v) is 5.55. The van der Waals surface area contributed by atoms with Crippen molar-refractivity contribution in [3.05, 3.63) is 70.8 Å². The summed E-state index contributed by atoms with van der Waals surface area (Å²) in [6.07, 6.45) is 3.04. The van der Waals surface area contributed by atoms with Crippen molar-refractivity contribution in [3.63, 3.8) is 0 Å². The topological polar surface area (TPSA) is 55.6 Å². The van der Waals surface area contributed by atoms with Crippen LogP contribution in [-0.4, -0.2) is 22.4 Å². The predicted molar refractivity (Wildman–Crippen MR) is 113 cm³/mol. The number of aryl methyl sites for hydroxylation is 1. The van der Waals surface area contributed by atoms with Crippen LogP contribution in [0.5, 0.6) is 5.75 Å². The lowest BCUT2D eigenvalue weighted by Crippen LogP contribution is -2.12. The minimum Gasteiger partial charge on any atom is -0.497 e. The normalized spacial score (nSPS) is 10.9. The third kappa shape index (κ3) is 4.03. The van der Waals surface area contributed by atoms with Gasteiger partial charge in [0.2, 0.25) is 5.91 Å². The number of imidazole rings is 1.